The number of halogens is 5. The van der Waals surface area contributed by atoms with E-state index in [2.05, 4.69) is 31.0 Å². The van der Waals surface area contributed by atoms with Crippen molar-refractivity contribution in [3.63, 3.8) is 0 Å². The number of nitrogens with zero attached hydrogens (tertiary/aromatic N) is 1. The predicted octanol–water partition coefficient (Wildman–Crippen LogP) is 4.41. The maximum absolute atomic E-state index is 13.4. The molecule has 0 heterocycles. The molecule has 0 aliphatic carbocycles. The fourth-order valence-corrected chi connectivity index (χ4v) is 2.02. The maximum atomic E-state index is 13.4. The van der Waals surface area contributed by atoms with Crippen molar-refractivity contribution in [3.8, 4) is 5.75 Å². The van der Waals surface area contributed by atoms with Crippen molar-refractivity contribution in [2.75, 3.05) is 5.32 Å². The summed E-state index contributed by atoms with van der Waals surface area (Å²) in [6.45, 7) is 0.0608. The summed E-state index contributed by atoms with van der Waals surface area (Å²) in [4.78, 5) is 3.96. The fourth-order valence-electron chi connectivity index (χ4n) is 1.78. The van der Waals surface area contributed by atoms with E-state index < -0.39 is 17.9 Å². The van der Waals surface area contributed by atoms with E-state index in [1.165, 1.54) is 30.3 Å². The Morgan fingerprint density at radius 3 is 2.58 bits per heavy atom. The molecule has 0 unspecified atom stereocenters. The van der Waals surface area contributed by atoms with Crippen molar-refractivity contribution in [1.82, 2.24) is 0 Å². The number of nitrogens with one attached hydrogen (secondary N) is 1. The fraction of sp³-hybridized carbons (Fsp3) is 0.133. The van der Waals surface area contributed by atoms with Gasteiger partial charge in [-0.25, -0.2) is 9.38 Å². The van der Waals surface area contributed by atoms with Crippen molar-refractivity contribution >= 4 is 27.6 Å². The molecule has 24 heavy (non-hydrogen) atoms. The van der Waals surface area contributed by atoms with Gasteiger partial charge in [0.05, 0.1) is 16.7 Å². The molecule has 9 heteroatoms. The average Bonchev–Trinajstić information content (AvgIpc) is 2.49. The Bertz CT molecular complexity index is 750. The summed E-state index contributed by atoms with van der Waals surface area (Å²) in [6, 6.07) is 9.87. The van der Waals surface area contributed by atoms with Gasteiger partial charge in [0.1, 0.15) is 5.82 Å². The second-order valence-corrected chi connectivity index (χ2v) is 5.47. The first kappa shape index (κ1) is 18.1. The summed E-state index contributed by atoms with van der Waals surface area (Å²) >= 11 is 3.03. The van der Waals surface area contributed by atoms with Crippen molar-refractivity contribution < 1.29 is 22.3 Å². The van der Waals surface area contributed by atoms with Crippen LogP contribution in [0.25, 0.3) is 0 Å². The first-order valence-electron chi connectivity index (χ1n) is 6.60. The van der Waals surface area contributed by atoms with Crippen LogP contribution in [-0.2, 0) is 6.54 Å². The minimum Gasteiger partial charge on any atom is -0.404 e. The van der Waals surface area contributed by atoms with Crippen LogP contribution in [0.5, 0.6) is 5.75 Å². The van der Waals surface area contributed by atoms with Crippen molar-refractivity contribution in [2.24, 2.45) is 10.7 Å². The van der Waals surface area contributed by atoms with Crippen LogP contribution in [-0.4, -0.2) is 12.3 Å². The van der Waals surface area contributed by atoms with Crippen molar-refractivity contribution in [3.05, 3.63) is 58.3 Å². The number of rotatable bonds is 4. The van der Waals surface area contributed by atoms with Gasteiger partial charge in [0.25, 0.3) is 0 Å². The van der Waals surface area contributed by atoms with Gasteiger partial charge in [0.15, 0.2) is 11.7 Å². The third-order valence-electron chi connectivity index (χ3n) is 2.79. The first-order valence-corrected chi connectivity index (χ1v) is 7.39. The summed E-state index contributed by atoms with van der Waals surface area (Å²) < 4.78 is 54.7. The van der Waals surface area contributed by atoms with E-state index in [9.17, 15) is 17.6 Å². The number of anilines is 1. The largest absolute Gasteiger partial charge is 0.573 e. The Morgan fingerprint density at radius 1 is 1.21 bits per heavy atom. The molecule has 0 aliphatic heterocycles. The van der Waals surface area contributed by atoms with Gasteiger partial charge in [-0.2, -0.15) is 0 Å². The summed E-state index contributed by atoms with van der Waals surface area (Å²) in [5.41, 5.74) is 6.22. The molecule has 0 amide bonds. The van der Waals surface area contributed by atoms with E-state index >= 15 is 0 Å². The smallest absolute Gasteiger partial charge is 0.404 e. The number of guanidine groups is 1. The minimum absolute atomic E-state index is 0.0121. The molecule has 0 spiro atoms. The monoisotopic (exact) mass is 405 g/mol. The van der Waals surface area contributed by atoms with Crippen LogP contribution >= 0.6 is 15.9 Å². The zero-order valence-electron chi connectivity index (χ0n) is 12.1. The topological polar surface area (TPSA) is 59.6 Å². The van der Waals surface area contributed by atoms with Crippen LogP contribution in [0.3, 0.4) is 0 Å². The van der Waals surface area contributed by atoms with Gasteiger partial charge in [-0.1, -0.05) is 18.2 Å². The van der Waals surface area contributed by atoms with Gasteiger partial charge < -0.3 is 15.8 Å². The normalized spacial score (nSPS) is 12.1. The van der Waals surface area contributed by atoms with Crippen LogP contribution in [0, 0.1) is 5.82 Å². The molecular weight excluding hydrogens is 394 g/mol. The van der Waals surface area contributed by atoms with Crippen LogP contribution in [0.1, 0.15) is 5.56 Å². The molecule has 0 bridgehead atoms. The summed E-state index contributed by atoms with van der Waals surface area (Å²) in [7, 11) is 0. The van der Waals surface area contributed by atoms with Gasteiger partial charge in [0, 0.05) is 0 Å². The zero-order valence-corrected chi connectivity index (χ0v) is 13.7. The van der Waals surface area contributed by atoms with Crippen LogP contribution < -0.4 is 15.8 Å². The van der Waals surface area contributed by atoms with E-state index in [1.807, 2.05) is 0 Å². The molecule has 0 aliphatic rings. The summed E-state index contributed by atoms with van der Waals surface area (Å²) in [6.07, 6.45) is -4.82. The third kappa shape index (κ3) is 5.41. The zero-order chi connectivity index (χ0) is 17.7. The maximum Gasteiger partial charge on any atom is 0.573 e. The molecule has 128 valence electrons. The molecule has 0 fully saturated rings. The highest BCUT2D eigenvalue weighted by Crippen LogP contribution is 2.29. The number of hydrogen-bond acceptors (Lipinski definition) is 2. The lowest BCUT2D eigenvalue weighted by Gasteiger charge is -2.14. The van der Waals surface area contributed by atoms with E-state index in [0.29, 0.717) is 10.0 Å². The lowest BCUT2D eigenvalue weighted by Crippen LogP contribution is -2.24. The van der Waals surface area contributed by atoms with Crippen molar-refractivity contribution in [2.45, 2.75) is 12.9 Å². The first-order chi connectivity index (χ1) is 11.2. The van der Waals surface area contributed by atoms with E-state index in [-0.39, 0.29) is 18.2 Å². The van der Waals surface area contributed by atoms with E-state index in [1.54, 1.807) is 6.07 Å². The number of hydrogen-bond donors (Lipinski definition) is 2. The second kappa shape index (κ2) is 7.52. The summed E-state index contributed by atoms with van der Waals surface area (Å²) in [5.74, 6) is -1.01. The second-order valence-electron chi connectivity index (χ2n) is 4.62. The Morgan fingerprint density at radius 2 is 1.92 bits per heavy atom. The molecule has 0 radical (unpaired) electrons. The standard InChI is InChI=1S/C15H12BrF4N3O/c16-10-6-5-9(7-11(10)17)8-22-14(21)23-12-3-1-2-4-13(12)24-15(18,19)20/h1-7H,8H2,(H3,21,22,23). The highest BCUT2D eigenvalue weighted by atomic mass is 79.9. The number of alkyl halides is 3. The lowest BCUT2D eigenvalue weighted by molar-refractivity contribution is -0.274. The van der Waals surface area contributed by atoms with Gasteiger partial charge in [-0.15, -0.1) is 13.2 Å². The predicted molar refractivity (Wildman–Crippen MR) is 86.2 cm³/mol. The molecule has 4 nitrogen and oxygen atoms in total. The number of para-hydroxylation sites is 2. The Labute approximate surface area is 143 Å². The Balaban J connectivity index is 2.08. The highest BCUT2D eigenvalue weighted by Gasteiger charge is 2.32. The molecule has 0 aromatic heterocycles. The minimum atomic E-state index is -4.82. The molecule has 0 saturated carbocycles. The number of nitrogens with two attached hydrogens (primary N) is 1. The lowest BCUT2D eigenvalue weighted by atomic mass is 10.2. The van der Waals surface area contributed by atoms with Crippen molar-refractivity contribution in [1.29, 1.82) is 0 Å². The SMILES string of the molecule is NC(=NCc1ccc(Br)c(F)c1)Nc1ccccc1OC(F)(F)F. The van der Waals surface area contributed by atoms with Gasteiger partial charge in [-0.05, 0) is 45.8 Å². The number of aliphatic imine (C=N–C) groups is 1. The van der Waals surface area contributed by atoms with Crippen LogP contribution in [0.2, 0.25) is 0 Å². The van der Waals surface area contributed by atoms with Gasteiger partial charge in [-0.3, -0.25) is 0 Å². The molecular formula is C15H12BrF4N3O. The number of benzene rings is 2. The van der Waals surface area contributed by atoms with Gasteiger partial charge in [0.2, 0.25) is 0 Å². The van der Waals surface area contributed by atoms with Gasteiger partial charge >= 0.3 is 6.36 Å². The Kier molecular flexibility index (Phi) is 5.66. The molecule has 2 rings (SSSR count). The summed E-state index contributed by atoms with van der Waals surface area (Å²) in [5, 5.41) is 2.53. The Hall–Kier alpha value is -2.29. The average molecular weight is 406 g/mol. The van der Waals surface area contributed by atoms with E-state index in [4.69, 9.17) is 5.73 Å². The van der Waals surface area contributed by atoms with Crippen LogP contribution in [0.4, 0.5) is 23.2 Å². The molecule has 0 saturated heterocycles. The van der Waals surface area contributed by atoms with E-state index in [0.717, 1.165) is 6.07 Å². The quantitative estimate of drug-likeness (QED) is 0.449. The number of ether oxygens (including phenoxy) is 1. The molecule has 2 aromatic carbocycles. The third-order valence-corrected chi connectivity index (χ3v) is 3.43. The molecule has 0 atom stereocenters. The molecule has 3 N–H and O–H groups in total. The molecule has 2 aromatic rings. The van der Waals surface area contributed by atoms with Crippen LogP contribution in [0.15, 0.2) is 51.9 Å². The highest BCUT2D eigenvalue weighted by molar-refractivity contribution is 9.10.